The molecule has 0 saturated heterocycles. The van der Waals surface area contributed by atoms with E-state index in [0.717, 1.165) is 30.2 Å². The number of unbranched alkanes of at least 4 members (excludes halogenated alkanes) is 1. The molecule has 0 aromatic heterocycles. The topological polar surface area (TPSA) is 18.5 Å². The van der Waals surface area contributed by atoms with Crippen molar-refractivity contribution in [2.75, 3.05) is 25.9 Å². The third-order valence-corrected chi connectivity index (χ3v) is 5.13. The number of alkyl halides is 1. The number of methoxy groups -OCH3 is 2. The molecule has 0 saturated carbocycles. The normalized spacial score (nSPS) is 17.9. The fraction of sp³-hybridized carbons (Fsp3) is 0.600. The van der Waals surface area contributed by atoms with Crippen LogP contribution in [0.1, 0.15) is 35.6 Å². The smallest absolute Gasteiger partial charge is 0.161 e. The molecule has 0 radical (unpaired) electrons. The summed E-state index contributed by atoms with van der Waals surface area (Å²) >= 11 is 7.81. The molecule has 1 aliphatic heterocycles. The monoisotopic (exact) mass is 300 g/mol. The molecule has 106 valence electrons. The molecular formula is C15H21ClO2S. The summed E-state index contributed by atoms with van der Waals surface area (Å²) in [5, 5.41) is 0.576. The van der Waals surface area contributed by atoms with Crippen LogP contribution in [0.5, 0.6) is 11.5 Å². The van der Waals surface area contributed by atoms with Gasteiger partial charge in [0.15, 0.2) is 11.5 Å². The van der Waals surface area contributed by atoms with Crippen molar-refractivity contribution in [1.82, 2.24) is 0 Å². The highest BCUT2D eigenvalue weighted by Crippen LogP contribution is 2.44. The molecule has 1 aromatic carbocycles. The van der Waals surface area contributed by atoms with Crippen LogP contribution in [0.15, 0.2) is 12.1 Å². The van der Waals surface area contributed by atoms with Gasteiger partial charge in [-0.25, -0.2) is 0 Å². The SMILES string of the molecule is COc1cc2c(cc1OC)C(CCCCCl)SCC2. The maximum Gasteiger partial charge on any atom is 0.161 e. The summed E-state index contributed by atoms with van der Waals surface area (Å²) in [4.78, 5) is 0. The van der Waals surface area contributed by atoms with E-state index in [1.165, 1.54) is 29.7 Å². The number of benzene rings is 1. The van der Waals surface area contributed by atoms with Gasteiger partial charge in [0.1, 0.15) is 0 Å². The molecular weight excluding hydrogens is 280 g/mol. The molecule has 2 rings (SSSR count). The van der Waals surface area contributed by atoms with Crippen molar-refractivity contribution in [2.45, 2.75) is 30.9 Å². The van der Waals surface area contributed by atoms with Gasteiger partial charge in [-0.15, -0.1) is 11.6 Å². The highest BCUT2D eigenvalue weighted by Gasteiger charge is 2.23. The zero-order valence-electron chi connectivity index (χ0n) is 11.6. The van der Waals surface area contributed by atoms with E-state index in [-0.39, 0.29) is 0 Å². The van der Waals surface area contributed by atoms with Gasteiger partial charge in [0.05, 0.1) is 14.2 Å². The number of halogens is 1. The minimum atomic E-state index is 0.576. The maximum absolute atomic E-state index is 5.76. The van der Waals surface area contributed by atoms with E-state index < -0.39 is 0 Å². The van der Waals surface area contributed by atoms with E-state index in [0.29, 0.717) is 5.25 Å². The second-order valence-electron chi connectivity index (χ2n) is 4.70. The van der Waals surface area contributed by atoms with Gasteiger partial charge >= 0.3 is 0 Å². The molecule has 0 N–H and O–H groups in total. The van der Waals surface area contributed by atoms with Gasteiger partial charge in [-0.3, -0.25) is 0 Å². The lowest BCUT2D eigenvalue weighted by molar-refractivity contribution is 0.354. The summed E-state index contributed by atoms with van der Waals surface area (Å²) in [7, 11) is 3.39. The molecule has 4 heteroatoms. The van der Waals surface area contributed by atoms with Crippen LogP contribution >= 0.6 is 23.4 Å². The standard InChI is InChI=1S/C15H21ClO2S/c1-17-13-9-11-6-8-19-15(5-3-4-7-16)12(11)10-14(13)18-2/h9-10,15H,3-8H2,1-2H3. The Bertz CT molecular complexity index is 423. The van der Waals surface area contributed by atoms with Gasteiger partial charge in [0.2, 0.25) is 0 Å². The first-order chi connectivity index (χ1) is 9.30. The number of hydrogen-bond acceptors (Lipinski definition) is 3. The molecule has 0 fully saturated rings. The van der Waals surface area contributed by atoms with Gasteiger partial charge in [0, 0.05) is 11.1 Å². The summed E-state index contributed by atoms with van der Waals surface area (Å²) in [5.41, 5.74) is 2.83. The Morgan fingerprint density at radius 1 is 1.21 bits per heavy atom. The lowest BCUT2D eigenvalue weighted by Gasteiger charge is -2.26. The fourth-order valence-electron chi connectivity index (χ4n) is 2.52. The van der Waals surface area contributed by atoms with Crippen LogP contribution in [0.2, 0.25) is 0 Å². The number of fused-ring (bicyclic) bond motifs is 1. The van der Waals surface area contributed by atoms with Crippen LogP contribution < -0.4 is 9.47 Å². The second-order valence-corrected chi connectivity index (χ2v) is 6.39. The average molecular weight is 301 g/mol. The van der Waals surface area contributed by atoms with Crippen molar-refractivity contribution in [1.29, 1.82) is 0 Å². The first kappa shape index (κ1) is 14.9. The van der Waals surface area contributed by atoms with Gasteiger partial charge in [-0.2, -0.15) is 11.8 Å². The number of rotatable bonds is 6. The summed E-state index contributed by atoms with van der Waals surface area (Å²) in [6.45, 7) is 0. The van der Waals surface area contributed by atoms with Crippen molar-refractivity contribution >= 4 is 23.4 Å². The van der Waals surface area contributed by atoms with Crippen LogP contribution in [0, 0.1) is 0 Å². The van der Waals surface area contributed by atoms with E-state index in [2.05, 4.69) is 12.1 Å². The third kappa shape index (κ3) is 3.51. The van der Waals surface area contributed by atoms with Crippen LogP contribution in [0.4, 0.5) is 0 Å². The van der Waals surface area contributed by atoms with Crippen LogP contribution in [-0.2, 0) is 6.42 Å². The average Bonchev–Trinajstić information content (AvgIpc) is 2.46. The van der Waals surface area contributed by atoms with Crippen LogP contribution in [0.25, 0.3) is 0 Å². The van der Waals surface area contributed by atoms with Crippen LogP contribution in [0.3, 0.4) is 0 Å². The molecule has 1 aromatic rings. The number of aryl methyl sites for hydroxylation is 1. The van der Waals surface area contributed by atoms with E-state index in [4.69, 9.17) is 21.1 Å². The van der Waals surface area contributed by atoms with Gasteiger partial charge in [0.25, 0.3) is 0 Å². The lowest BCUT2D eigenvalue weighted by Crippen LogP contribution is -2.09. The van der Waals surface area contributed by atoms with Crippen LogP contribution in [-0.4, -0.2) is 25.9 Å². The molecule has 1 heterocycles. The molecule has 0 spiro atoms. The summed E-state index contributed by atoms with van der Waals surface area (Å²) in [6, 6.07) is 4.30. The Morgan fingerprint density at radius 3 is 2.63 bits per heavy atom. The lowest BCUT2D eigenvalue weighted by atomic mass is 9.97. The Labute approximate surface area is 124 Å². The molecule has 1 unspecified atom stereocenters. The quantitative estimate of drug-likeness (QED) is 0.571. The first-order valence-electron chi connectivity index (χ1n) is 6.72. The Balaban J connectivity index is 2.22. The van der Waals surface area contributed by atoms with Gasteiger partial charge < -0.3 is 9.47 Å². The molecule has 1 atom stereocenters. The highest BCUT2D eigenvalue weighted by molar-refractivity contribution is 7.99. The molecule has 0 amide bonds. The van der Waals surface area contributed by atoms with Crippen molar-refractivity contribution in [3.05, 3.63) is 23.3 Å². The number of hydrogen-bond donors (Lipinski definition) is 0. The Kier molecular flexibility index (Phi) is 5.71. The van der Waals surface area contributed by atoms with E-state index in [9.17, 15) is 0 Å². The minimum Gasteiger partial charge on any atom is -0.493 e. The van der Waals surface area contributed by atoms with Crippen molar-refractivity contribution in [3.63, 3.8) is 0 Å². The predicted molar refractivity (Wildman–Crippen MR) is 83.0 cm³/mol. The van der Waals surface area contributed by atoms with E-state index in [1.54, 1.807) is 14.2 Å². The molecule has 0 aliphatic carbocycles. The molecule has 1 aliphatic rings. The zero-order chi connectivity index (χ0) is 13.7. The first-order valence-corrected chi connectivity index (χ1v) is 8.30. The summed E-state index contributed by atoms with van der Waals surface area (Å²) < 4.78 is 10.8. The Hall–Kier alpha value is -0.540. The number of ether oxygens (including phenoxy) is 2. The maximum atomic E-state index is 5.76. The summed E-state index contributed by atoms with van der Waals surface area (Å²) in [6.07, 6.45) is 4.60. The molecule has 0 bridgehead atoms. The van der Waals surface area contributed by atoms with Gasteiger partial charge in [-0.1, -0.05) is 6.42 Å². The fourth-order valence-corrected chi connectivity index (χ4v) is 4.06. The zero-order valence-corrected chi connectivity index (χ0v) is 13.1. The second kappa shape index (κ2) is 7.30. The predicted octanol–water partition coefficient (Wildman–Crippen LogP) is 4.44. The Morgan fingerprint density at radius 2 is 1.95 bits per heavy atom. The molecule has 19 heavy (non-hydrogen) atoms. The number of thioether (sulfide) groups is 1. The van der Waals surface area contributed by atoms with E-state index >= 15 is 0 Å². The minimum absolute atomic E-state index is 0.576. The van der Waals surface area contributed by atoms with Crippen molar-refractivity contribution in [2.24, 2.45) is 0 Å². The van der Waals surface area contributed by atoms with Crippen molar-refractivity contribution < 1.29 is 9.47 Å². The van der Waals surface area contributed by atoms with E-state index in [1.807, 2.05) is 11.8 Å². The van der Waals surface area contributed by atoms with Gasteiger partial charge in [-0.05, 0) is 48.3 Å². The molecule has 2 nitrogen and oxygen atoms in total. The third-order valence-electron chi connectivity index (χ3n) is 3.53. The van der Waals surface area contributed by atoms with Crippen molar-refractivity contribution in [3.8, 4) is 11.5 Å². The largest absolute Gasteiger partial charge is 0.493 e. The highest BCUT2D eigenvalue weighted by atomic mass is 35.5. The summed E-state index contributed by atoms with van der Waals surface area (Å²) in [5.74, 6) is 3.63.